The normalized spacial score (nSPS) is 37.7. The molecule has 0 spiro atoms. The van der Waals surface area contributed by atoms with Crippen LogP contribution in [0.15, 0.2) is 0 Å². The number of fused-ring (bicyclic) bond motifs is 1. The zero-order valence-electron chi connectivity index (χ0n) is 9.84. The topological polar surface area (TPSA) is 35.5 Å². The molecule has 0 aromatic carbocycles. The summed E-state index contributed by atoms with van der Waals surface area (Å²) in [6, 6.07) is 0. The van der Waals surface area contributed by atoms with Crippen molar-refractivity contribution in [2.45, 2.75) is 45.1 Å². The van der Waals surface area contributed by atoms with Crippen molar-refractivity contribution in [3.8, 4) is 0 Å². The van der Waals surface area contributed by atoms with E-state index in [1.54, 1.807) is 0 Å². The highest BCUT2D eigenvalue weighted by Gasteiger charge is 2.56. The van der Waals surface area contributed by atoms with E-state index >= 15 is 0 Å². The Kier molecular flexibility index (Phi) is 2.53. The minimum atomic E-state index is -0.212. The SMILES string of the molecule is COC(=O)C[C@@]12CCC(C)(C)[C@@H]1CCO2. The molecule has 1 aliphatic carbocycles. The molecule has 2 atom stereocenters. The Labute approximate surface area is 91.1 Å². The first-order valence-electron chi connectivity index (χ1n) is 5.71. The predicted octanol–water partition coefficient (Wildman–Crippen LogP) is 2.14. The molecule has 0 radical (unpaired) electrons. The Hall–Kier alpha value is -0.570. The largest absolute Gasteiger partial charge is 0.469 e. The first kappa shape index (κ1) is 10.9. The number of carbonyl (C=O) groups excluding carboxylic acids is 1. The number of ether oxygens (including phenoxy) is 2. The molecule has 0 aromatic rings. The quantitative estimate of drug-likeness (QED) is 0.658. The summed E-state index contributed by atoms with van der Waals surface area (Å²) < 4.78 is 10.6. The van der Waals surface area contributed by atoms with Crippen LogP contribution >= 0.6 is 0 Å². The Morgan fingerprint density at radius 1 is 1.47 bits per heavy atom. The summed E-state index contributed by atoms with van der Waals surface area (Å²) in [4.78, 5) is 11.4. The van der Waals surface area contributed by atoms with Gasteiger partial charge < -0.3 is 9.47 Å². The number of hydrogen-bond donors (Lipinski definition) is 0. The van der Waals surface area contributed by atoms with Gasteiger partial charge in [0.25, 0.3) is 0 Å². The van der Waals surface area contributed by atoms with Crippen molar-refractivity contribution in [3.63, 3.8) is 0 Å². The van der Waals surface area contributed by atoms with E-state index in [1.165, 1.54) is 7.11 Å². The van der Waals surface area contributed by atoms with E-state index in [0.29, 0.717) is 17.8 Å². The molecule has 0 bridgehead atoms. The molecule has 1 heterocycles. The Balaban J connectivity index is 2.17. The van der Waals surface area contributed by atoms with Gasteiger partial charge in [-0.1, -0.05) is 13.8 Å². The molecule has 2 rings (SSSR count). The van der Waals surface area contributed by atoms with E-state index < -0.39 is 0 Å². The summed E-state index contributed by atoms with van der Waals surface area (Å²) >= 11 is 0. The molecule has 86 valence electrons. The molecule has 3 heteroatoms. The van der Waals surface area contributed by atoms with Crippen molar-refractivity contribution < 1.29 is 14.3 Å². The van der Waals surface area contributed by atoms with E-state index in [2.05, 4.69) is 13.8 Å². The highest BCUT2D eigenvalue weighted by molar-refractivity contribution is 5.70. The zero-order valence-corrected chi connectivity index (χ0v) is 9.84. The van der Waals surface area contributed by atoms with Crippen LogP contribution in [0.3, 0.4) is 0 Å². The lowest BCUT2D eigenvalue weighted by molar-refractivity contribution is -0.148. The fourth-order valence-corrected chi connectivity index (χ4v) is 3.38. The first-order valence-corrected chi connectivity index (χ1v) is 5.71. The van der Waals surface area contributed by atoms with E-state index in [4.69, 9.17) is 9.47 Å². The third-order valence-electron chi connectivity index (χ3n) is 4.24. The predicted molar refractivity (Wildman–Crippen MR) is 56.4 cm³/mol. The lowest BCUT2D eigenvalue weighted by atomic mass is 9.75. The van der Waals surface area contributed by atoms with Gasteiger partial charge in [-0.05, 0) is 30.6 Å². The fourth-order valence-electron chi connectivity index (χ4n) is 3.38. The molecule has 1 saturated carbocycles. The van der Waals surface area contributed by atoms with Crippen LogP contribution in [0.25, 0.3) is 0 Å². The molecule has 0 aromatic heterocycles. The zero-order chi connectivity index (χ0) is 11.1. The average Bonchev–Trinajstić information content (AvgIpc) is 2.68. The summed E-state index contributed by atoms with van der Waals surface area (Å²) in [6.07, 6.45) is 3.66. The van der Waals surface area contributed by atoms with Gasteiger partial charge in [0.2, 0.25) is 0 Å². The summed E-state index contributed by atoms with van der Waals surface area (Å²) in [5, 5.41) is 0. The smallest absolute Gasteiger partial charge is 0.308 e. The van der Waals surface area contributed by atoms with Gasteiger partial charge in [-0.25, -0.2) is 0 Å². The second-order valence-electron chi connectivity index (χ2n) is 5.50. The summed E-state index contributed by atoms with van der Waals surface area (Å²) in [5.74, 6) is 0.378. The Morgan fingerprint density at radius 2 is 2.20 bits per heavy atom. The van der Waals surface area contributed by atoms with E-state index in [9.17, 15) is 4.79 Å². The molecule has 3 nitrogen and oxygen atoms in total. The minimum Gasteiger partial charge on any atom is -0.469 e. The van der Waals surface area contributed by atoms with Crippen LogP contribution in [-0.4, -0.2) is 25.3 Å². The van der Waals surface area contributed by atoms with Crippen LogP contribution < -0.4 is 0 Å². The molecule has 1 aliphatic heterocycles. The maximum atomic E-state index is 11.4. The molecule has 0 N–H and O–H groups in total. The van der Waals surface area contributed by atoms with Gasteiger partial charge in [0.15, 0.2) is 0 Å². The second kappa shape index (κ2) is 3.48. The number of methoxy groups -OCH3 is 1. The van der Waals surface area contributed by atoms with Gasteiger partial charge in [0.1, 0.15) is 0 Å². The third kappa shape index (κ3) is 1.67. The van der Waals surface area contributed by atoms with Gasteiger partial charge >= 0.3 is 5.97 Å². The Bertz CT molecular complexity index is 272. The van der Waals surface area contributed by atoms with Crippen LogP contribution in [0.2, 0.25) is 0 Å². The van der Waals surface area contributed by atoms with E-state index in [-0.39, 0.29) is 11.6 Å². The maximum Gasteiger partial charge on any atom is 0.308 e. The van der Waals surface area contributed by atoms with Gasteiger partial charge in [-0.2, -0.15) is 0 Å². The van der Waals surface area contributed by atoms with Crippen molar-refractivity contribution in [2.75, 3.05) is 13.7 Å². The molecular formula is C12H20O3. The summed E-state index contributed by atoms with van der Waals surface area (Å²) in [7, 11) is 1.45. The second-order valence-corrected chi connectivity index (χ2v) is 5.50. The van der Waals surface area contributed by atoms with Crippen molar-refractivity contribution >= 4 is 5.97 Å². The Morgan fingerprint density at radius 3 is 2.87 bits per heavy atom. The molecule has 15 heavy (non-hydrogen) atoms. The summed E-state index contributed by atoms with van der Waals surface area (Å²) in [6.45, 7) is 5.36. The van der Waals surface area contributed by atoms with Crippen LogP contribution in [0.4, 0.5) is 0 Å². The lowest BCUT2D eigenvalue weighted by Gasteiger charge is -2.32. The van der Waals surface area contributed by atoms with Crippen molar-refractivity contribution in [1.29, 1.82) is 0 Å². The van der Waals surface area contributed by atoms with E-state index in [0.717, 1.165) is 25.9 Å². The van der Waals surface area contributed by atoms with Crippen molar-refractivity contribution in [3.05, 3.63) is 0 Å². The van der Waals surface area contributed by atoms with Gasteiger partial charge in [0.05, 0.1) is 19.1 Å². The highest BCUT2D eigenvalue weighted by Crippen LogP contribution is 2.56. The average molecular weight is 212 g/mol. The van der Waals surface area contributed by atoms with Gasteiger partial charge in [0, 0.05) is 6.61 Å². The van der Waals surface area contributed by atoms with Gasteiger partial charge in [-0.15, -0.1) is 0 Å². The number of rotatable bonds is 2. The van der Waals surface area contributed by atoms with Crippen molar-refractivity contribution in [2.24, 2.45) is 11.3 Å². The van der Waals surface area contributed by atoms with Crippen molar-refractivity contribution in [1.82, 2.24) is 0 Å². The maximum absolute atomic E-state index is 11.4. The van der Waals surface area contributed by atoms with Crippen LogP contribution in [0, 0.1) is 11.3 Å². The number of carbonyl (C=O) groups is 1. The molecule has 0 unspecified atom stereocenters. The van der Waals surface area contributed by atoms with Gasteiger partial charge in [-0.3, -0.25) is 4.79 Å². The summed E-state index contributed by atoms with van der Waals surface area (Å²) in [5.41, 5.74) is 0.0983. The molecule has 2 fully saturated rings. The third-order valence-corrected chi connectivity index (χ3v) is 4.24. The first-order chi connectivity index (χ1) is 7.00. The molecule has 2 aliphatic rings. The molecule has 1 saturated heterocycles. The van der Waals surface area contributed by atoms with Crippen LogP contribution in [0.1, 0.15) is 39.5 Å². The standard InChI is InChI=1S/C12H20O3/c1-11(2)5-6-12(8-10(13)14-3)9(11)4-7-15-12/h9H,4-8H2,1-3H3/t9-,12-/m0/s1. The van der Waals surface area contributed by atoms with E-state index in [1.807, 2.05) is 0 Å². The fraction of sp³-hybridized carbons (Fsp3) is 0.917. The monoisotopic (exact) mass is 212 g/mol. The molecular weight excluding hydrogens is 192 g/mol. The number of hydrogen-bond acceptors (Lipinski definition) is 3. The van der Waals surface area contributed by atoms with Crippen LogP contribution in [0.5, 0.6) is 0 Å². The number of esters is 1. The van der Waals surface area contributed by atoms with Crippen LogP contribution in [-0.2, 0) is 14.3 Å². The highest BCUT2D eigenvalue weighted by atomic mass is 16.5. The lowest BCUT2D eigenvalue weighted by Crippen LogP contribution is -2.37. The molecule has 0 amide bonds. The minimum absolute atomic E-state index is 0.139.